The molecule has 2 N–H and O–H groups in total. The number of imidazole rings is 1. The minimum Gasteiger partial charge on any atom is -0.369 e. The summed E-state index contributed by atoms with van der Waals surface area (Å²) >= 11 is 0. The summed E-state index contributed by atoms with van der Waals surface area (Å²) in [6.07, 6.45) is -0.0608. The molecule has 0 radical (unpaired) electrons. The van der Waals surface area contributed by atoms with E-state index in [4.69, 9.17) is 5.73 Å². The van der Waals surface area contributed by atoms with Gasteiger partial charge in [0, 0.05) is 18.6 Å². The van der Waals surface area contributed by atoms with Crippen molar-refractivity contribution in [1.29, 1.82) is 0 Å². The zero-order valence-corrected chi connectivity index (χ0v) is 8.65. The Balaban J connectivity index is 2.17. The van der Waals surface area contributed by atoms with Crippen LogP contribution in [0.15, 0.2) is 30.7 Å². The number of nitrogen functional groups attached to an aromatic ring is 1. The Morgan fingerprint density at radius 1 is 1.24 bits per heavy atom. The van der Waals surface area contributed by atoms with E-state index in [1.54, 1.807) is 10.8 Å². The lowest BCUT2D eigenvalue weighted by atomic mass is 10.2. The molecule has 2 heterocycles. The first kappa shape index (κ1) is 11.4. The van der Waals surface area contributed by atoms with Crippen LogP contribution in [-0.2, 0) is 12.7 Å². The molecule has 4 nitrogen and oxygen atoms in total. The lowest BCUT2D eigenvalue weighted by molar-refractivity contribution is -0.141. The number of alkyl halides is 3. The van der Waals surface area contributed by atoms with Crippen molar-refractivity contribution in [3.8, 4) is 0 Å². The monoisotopic (exact) mass is 242 g/mol. The fourth-order valence-electron chi connectivity index (χ4n) is 1.36. The Labute approximate surface area is 94.9 Å². The molecule has 2 aromatic rings. The van der Waals surface area contributed by atoms with E-state index in [0.29, 0.717) is 18.1 Å². The summed E-state index contributed by atoms with van der Waals surface area (Å²) in [4.78, 5) is 7.17. The third kappa shape index (κ3) is 2.55. The largest absolute Gasteiger partial charge is 0.433 e. The van der Waals surface area contributed by atoms with Crippen molar-refractivity contribution >= 4 is 5.95 Å². The Kier molecular flexibility index (Phi) is 2.74. The molecule has 0 fully saturated rings. The van der Waals surface area contributed by atoms with Gasteiger partial charge in [-0.05, 0) is 11.6 Å². The van der Waals surface area contributed by atoms with Gasteiger partial charge < -0.3 is 10.3 Å². The normalized spacial score (nSPS) is 11.7. The van der Waals surface area contributed by atoms with Crippen molar-refractivity contribution < 1.29 is 13.2 Å². The number of nitrogens with two attached hydrogens (primary N) is 1. The number of rotatable bonds is 2. The van der Waals surface area contributed by atoms with Gasteiger partial charge in [0.25, 0.3) is 0 Å². The van der Waals surface area contributed by atoms with E-state index < -0.39 is 11.9 Å². The Morgan fingerprint density at radius 2 is 2.00 bits per heavy atom. The van der Waals surface area contributed by atoms with Crippen LogP contribution >= 0.6 is 0 Å². The van der Waals surface area contributed by atoms with Crippen LogP contribution in [0.3, 0.4) is 0 Å². The molecule has 0 saturated carbocycles. The Hall–Kier alpha value is -2.05. The van der Waals surface area contributed by atoms with Gasteiger partial charge in [-0.25, -0.2) is 4.98 Å². The maximum absolute atomic E-state index is 12.3. The highest BCUT2D eigenvalue weighted by Gasteiger charge is 2.31. The van der Waals surface area contributed by atoms with Gasteiger partial charge in [0.1, 0.15) is 5.69 Å². The number of anilines is 1. The first-order valence-corrected chi connectivity index (χ1v) is 4.75. The molecule has 0 amide bonds. The molecule has 0 saturated heterocycles. The summed E-state index contributed by atoms with van der Waals surface area (Å²) in [5.74, 6) is 0.310. The van der Waals surface area contributed by atoms with E-state index in [0.717, 1.165) is 6.07 Å². The molecule has 0 aromatic carbocycles. The standard InChI is InChI=1S/C10H9F3N4/c11-10(12,13)8-2-1-7(5-16-8)6-17-4-3-15-9(17)14/h1-5H,6H2,(H2,14,15). The van der Waals surface area contributed by atoms with Crippen molar-refractivity contribution in [3.63, 3.8) is 0 Å². The quantitative estimate of drug-likeness (QED) is 0.875. The molecule has 0 aliphatic heterocycles. The first-order valence-electron chi connectivity index (χ1n) is 4.75. The third-order valence-electron chi connectivity index (χ3n) is 2.22. The van der Waals surface area contributed by atoms with Crippen LogP contribution in [0, 0.1) is 0 Å². The minimum atomic E-state index is -4.41. The fourth-order valence-corrected chi connectivity index (χ4v) is 1.36. The topological polar surface area (TPSA) is 56.7 Å². The molecule has 90 valence electrons. The summed E-state index contributed by atoms with van der Waals surface area (Å²) in [6.45, 7) is 0.344. The van der Waals surface area contributed by atoms with E-state index in [1.807, 2.05) is 0 Å². The summed E-state index contributed by atoms with van der Waals surface area (Å²) in [5, 5.41) is 0. The lowest BCUT2D eigenvalue weighted by Crippen LogP contribution is -2.09. The van der Waals surface area contributed by atoms with Crippen LogP contribution in [0.25, 0.3) is 0 Å². The molecule has 0 aliphatic carbocycles. The average Bonchev–Trinajstić information content (AvgIpc) is 2.64. The molecule has 0 spiro atoms. The number of halogens is 3. The molecule has 2 aromatic heterocycles. The second-order valence-corrected chi connectivity index (χ2v) is 3.46. The van der Waals surface area contributed by atoms with Crippen LogP contribution in [0.2, 0.25) is 0 Å². The zero-order chi connectivity index (χ0) is 12.5. The Bertz CT molecular complexity index is 501. The van der Waals surface area contributed by atoms with Gasteiger partial charge >= 0.3 is 6.18 Å². The van der Waals surface area contributed by atoms with Crippen LogP contribution in [-0.4, -0.2) is 14.5 Å². The molecule has 0 unspecified atom stereocenters. The maximum atomic E-state index is 12.3. The second-order valence-electron chi connectivity index (χ2n) is 3.46. The predicted octanol–water partition coefficient (Wildman–Crippen LogP) is 1.93. The molecular weight excluding hydrogens is 233 g/mol. The molecular formula is C10H9F3N4. The molecule has 2 rings (SSSR count). The maximum Gasteiger partial charge on any atom is 0.433 e. The van der Waals surface area contributed by atoms with E-state index in [2.05, 4.69) is 9.97 Å². The first-order chi connectivity index (χ1) is 7.97. The van der Waals surface area contributed by atoms with Gasteiger partial charge in [-0.2, -0.15) is 13.2 Å². The number of hydrogen-bond donors (Lipinski definition) is 1. The number of nitrogens with zero attached hydrogens (tertiary/aromatic N) is 3. The molecule has 0 atom stereocenters. The smallest absolute Gasteiger partial charge is 0.369 e. The second kappa shape index (κ2) is 4.08. The van der Waals surface area contributed by atoms with Crippen molar-refractivity contribution in [2.24, 2.45) is 0 Å². The molecule has 17 heavy (non-hydrogen) atoms. The van der Waals surface area contributed by atoms with Crippen molar-refractivity contribution in [2.75, 3.05) is 5.73 Å². The fraction of sp³-hybridized carbons (Fsp3) is 0.200. The highest BCUT2D eigenvalue weighted by Crippen LogP contribution is 2.27. The molecule has 7 heteroatoms. The van der Waals surface area contributed by atoms with Crippen LogP contribution in [0.4, 0.5) is 19.1 Å². The summed E-state index contributed by atoms with van der Waals surface area (Å²) < 4.78 is 38.4. The zero-order valence-electron chi connectivity index (χ0n) is 8.65. The third-order valence-corrected chi connectivity index (χ3v) is 2.22. The average molecular weight is 242 g/mol. The van der Waals surface area contributed by atoms with Gasteiger partial charge in [0.15, 0.2) is 5.95 Å². The minimum absolute atomic E-state index is 0.310. The van der Waals surface area contributed by atoms with Crippen molar-refractivity contribution in [2.45, 2.75) is 12.7 Å². The number of hydrogen-bond acceptors (Lipinski definition) is 3. The summed E-state index contributed by atoms with van der Waals surface area (Å²) in [5.41, 5.74) is 5.26. The summed E-state index contributed by atoms with van der Waals surface area (Å²) in [7, 11) is 0. The van der Waals surface area contributed by atoms with Crippen molar-refractivity contribution in [3.05, 3.63) is 42.0 Å². The van der Waals surface area contributed by atoms with Gasteiger partial charge in [-0.3, -0.25) is 4.98 Å². The van der Waals surface area contributed by atoms with Crippen LogP contribution in [0.5, 0.6) is 0 Å². The molecule has 0 bridgehead atoms. The highest BCUT2D eigenvalue weighted by molar-refractivity contribution is 5.22. The SMILES string of the molecule is Nc1nccn1Cc1ccc(C(F)(F)F)nc1. The van der Waals surface area contributed by atoms with E-state index in [1.165, 1.54) is 18.5 Å². The summed E-state index contributed by atoms with van der Waals surface area (Å²) in [6, 6.07) is 2.32. The van der Waals surface area contributed by atoms with Crippen LogP contribution < -0.4 is 5.73 Å². The van der Waals surface area contributed by atoms with Crippen molar-refractivity contribution in [1.82, 2.24) is 14.5 Å². The van der Waals surface area contributed by atoms with E-state index in [-0.39, 0.29) is 0 Å². The predicted molar refractivity (Wildman–Crippen MR) is 55.0 cm³/mol. The van der Waals surface area contributed by atoms with Crippen LogP contribution in [0.1, 0.15) is 11.3 Å². The number of aromatic nitrogens is 3. The lowest BCUT2D eigenvalue weighted by Gasteiger charge is -2.07. The van der Waals surface area contributed by atoms with Gasteiger partial charge in [0.2, 0.25) is 0 Å². The van der Waals surface area contributed by atoms with Gasteiger partial charge in [-0.15, -0.1) is 0 Å². The molecule has 0 aliphatic rings. The van der Waals surface area contributed by atoms with Gasteiger partial charge in [-0.1, -0.05) is 6.07 Å². The van der Waals surface area contributed by atoms with E-state index >= 15 is 0 Å². The Morgan fingerprint density at radius 3 is 2.47 bits per heavy atom. The van der Waals surface area contributed by atoms with Gasteiger partial charge in [0.05, 0.1) is 6.54 Å². The highest BCUT2D eigenvalue weighted by atomic mass is 19.4. The van der Waals surface area contributed by atoms with E-state index in [9.17, 15) is 13.2 Å². The number of pyridine rings is 1.